The third-order valence-electron chi connectivity index (χ3n) is 2.93. The Hall–Kier alpha value is -2.56. The van der Waals surface area contributed by atoms with Crippen LogP contribution in [0.5, 0.6) is 5.75 Å². The van der Waals surface area contributed by atoms with Crippen molar-refractivity contribution >= 4 is 11.6 Å². The van der Waals surface area contributed by atoms with E-state index in [4.69, 9.17) is 4.42 Å². The third-order valence-corrected chi connectivity index (χ3v) is 2.93. The van der Waals surface area contributed by atoms with Gasteiger partial charge in [0, 0.05) is 0 Å². The molecule has 1 heterocycles. The summed E-state index contributed by atoms with van der Waals surface area (Å²) in [5.41, 5.74) is 4.58. The molecule has 0 aliphatic rings. The van der Waals surface area contributed by atoms with E-state index in [2.05, 4.69) is 10.5 Å². The van der Waals surface area contributed by atoms with E-state index in [0.717, 1.165) is 11.3 Å². The number of amides is 1. The molecular weight excluding hydrogens is 256 g/mol. The maximum absolute atomic E-state index is 11.9. The number of hydrazone groups is 1. The number of nitrogens with zero attached hydrogens (tertiary/aromatic N) is 1. The first-order valence-corrected chi connectivity index (χ1v) is 6.32. The second kappa shape index (κ2) is 6.06. The van der Waals surface area contributed by atoms with Gasteiger partial charge in [-0.3, -0.25) is 4.79 Å². The van der Waals surface area contributed by atoms with Crippen LogP contribution in [-0.4, -0.2) is 16.7 Å². The van der Waals surface area contributed by atoms with Gasteiger partial charge in [0.05, 0.1) is 17.5 Å². The second-order valence-electron chi connectivity index (χ2n) is 4.29. The Bertz CT molecular complexity index is 627. The maximum atomic E-state index is 11.9. The monoisotopic (exact) mass is 272 g/mol. The van der Waals surface area contributed by atoms with Gasteiger partial charge in [-0.2, -0.15) is 5.10 Å². The maximum Gasteiger partial charge on any atom is 0.274 e. The van der Waals surface area contributed by atoms with Gasteiger partial charge >= 0.3 is 0 Å². The van der Waals surface area contributed by atoms with E-state index in [9.17, 15) is 9.90 Å². The predicted octanol–water partition coefficient (Wildman–Crippen LogP) is 2.84. The number of furan rings is 1. The summed E-state index contributed by atoms with van der Waals surface area (Å²) in [6.07, 6.45) is 2.13. The molecule has 2 rings (SSSR count). The molecule has 1 aromatic carbocycles. The molecule has 0 aliphatic heterocycles. The fraction of sp³-hybridized carbons (Fsp3) is 0.200. The number of phenols is 1. The van der Waals surface area contributed by atoms with Gasteiger partial charge in [-0.05, 0) is 49.2 Å². The fourth-order valence-corrected chi connectivity index (χ4v) is 1.80. The van der Waals surface area contributed by atoms with E-state index >= 15 is 0 Å². The summed E-state index contributed by atoms with van der Waals surface area (Å²) in [4.78, 5) is 11.9. The van der Waals surface area contributed by atoms with Gasteiger partial charge in [-0.1, -0.05) is 6.92 Å². The highest BCUT2D eigenvalue weighted by molar-refractivity contribution is 6.02. The van der Waals surface area contributed by atoms with Crippen LogP contribution < -0.4 is 5.43 Å². The lowest BCUT2D eigenvalue weighted by Crippen LogP contribution is -2.20. The summed E-state index contributed by atoms with van der Waals surface area (Å²) in [5, 5.41) is 13.4. The van der Waals surface area contributed by atoms with Gasteiger partial charge < -0.3 is 9.52 Å². The van der Waals surface area contributed by atoms with Crippen molar-refractivity contribution in [2.24, 2.45) is 5.10 Å². The zero-order chi connectivity index (χ0) is 14.5. The molecule has 1 amide bonds. The summed E-state index contributed by atoms with van der Waals surface area (Å²) in [6.45, 7) is 3.67. The molecule has 5 heteroatoms. The molecule has 2 N–H and O–H groups in total. The lowest BCUT2D eigenvalue weighted by Gasteiger charge is -2.05. The van der Waals surface area contributed by atoms with Crippen LogP contribution in [0.2, 0.25) is 0 Å². The second-order valence-corrected chi connectivity index (χ2v) is 4.29. The Morgan fingerprint density at radius 1 is 1.30 bits per heavy atom. The molecule has 20 heavy (non-hydrogen) atoms. The molecule has 0 saturated heterocycles. The molecule has 0 bridgehead atoms. The topological polar surface area (TPSA) is 74.8 Å². The van der Waals surface area contributed by atoms with Crippen LogP contribution >= 0.6 is 0 Å². The van der Waals surface area contributed by atoms with E-state index in [-0.39, 0.29) is 11.7 Å². The summed E-state index contributed by atoms with van der Waals surface area (Å²) < 4.78 is 5.08. The van der Waals surface area contributed by atoms with Crippen LogP contribution in [0.3, 0.4) is 0 Å². The lowest BCUT2D eigenvalue weighted by molar-refractivity contribution is 0.0953. The molecule has 0 radical (unpaired) electrons. The molecule has 0 aliphatic carbocycles. The first-order chi connectivity index (χ1) is 9.61. The number of carbonyl (C=O) groups is 1. The van der Waals surface area contributed by atoms with Gasteiger partial charge in [-0.15, -0.1) is 0 Å². The number of aromatic hydroxyl groups is 1. The molecular formula is C15H16N2O3. The van der Waals surface area contributed by atoms with Gasteiger partial charge in [0.1, 0.15) is 11.5 Å². The van der Waals surface area contributed by atoms with Crippen molar-refractivity contribution in [1.82, 2.24) is 5.43 Å². The Labute approximate surface area is 116 Å². The molecule has 2 aromatic rings. The number of nitrogens with one attached hydrogen (secondary N) is 1. The minimum atomic E-state index is -0.305. The van der Waals surface area contributed by atoms with Gasteiger partial charge in [0.2, 0.25) is 0 Å². The molecule has 0 fully saturated rings. The van der Waals surface area contributed by atoms with E-state index in [1.807, 2.05) is 6.92 Å². The number of hydrogen-bond acceptors (Lipinski definition) is 4. The summed E-state index contributed by atoms with van der Waals surface area (Å²) in [5.74, 6) is 0.448. The Morgan fingerprint density at radius 2 is 2.00 bits per heavy atom. The minimum absolute atomic E-state index is 0.197. The van der Waals surface area contributed by atoms with Crippen molar-refractivity contribution in [3.05, 3.63) is 53.5 Å². The van der Waals surface area contributed by atoms with E-state index in [1.165, 1.54) is 6.26 Å². The molecule has 0 atom stereocenters. The van der Waals surface area contributed by atoms with Crippen molar-refractivity contribution < 1.29 is 14.3 Å². The number of rotatable bonds is 4. The summed E-state index contributed by atoms with van der Waals surface area (Å²) in [6, 6.07) is 8.29. The molecule has 1 aromatic heterocycles. The first-order valence-electron chi connectivity index (χ1n) is 6.32. The van der Waals surface area contributed by atoms with Crippen molar-refractivity contribution in [2.75, 3.05) is 0 Å². The Morgan fingerprint density at radius 3 is 2.55 bits per heavy atom. The quantitative estimate of drug-likeness (QED) is 0.664. The fourth-order valence-electron chi connectivity index (χ4n) is 1.80. The average Bonchev–Trinajstić information content (AvgIpc) is 2.87. The predicted molar refractivity (Wildman–Crippen MR) is 75.8 cm³/mol. The number of aryl methyl sites for hydroxylation is 1. The van der Waals surface area contributed by atoms with Crippen LogP contribution in [0.1, 0.15) is 35.0 Å². The largest absolute Gasteiger partial charge is 0.508 e. The van der Waals surface area contributed by atoms with Gasteiger partial charge in [0.25, 0.3) is 5.91 Å². The summed E-state index contributed by atoms with van der Waals surface area (Å²) >= 11 is 0. The standard InChI is InChI=1S/C15H16N2O3/c1-3-14(11-4-6-12(18)7-5-11)16-17-15(19)13-8-9-20-10(13)2/h4-9,18H,3H2,1-2H3,(H,17,19). The average molecular weight is 272 g/mol. The van der Waals surface area contributed by atoms with Crippen LogP contribution in [0.15, 0.2) is 46.1 Å². The normalized spacial score (nSPS) is 11.4. The van der Waals surface area contributed by atoms with E-state index in [1.54, 1.807) is 37.3 Å². The lowest BCUT2D eigenvalue weighted by atomic mass is 10.1. The van der Waals surface area contributed by atoms with Crippen molar-refractivity contribution in [1.29, 1.82) is 0 Å². The zero-order valence-electron chi connectivity index (χ0n) is 11.4. The van der Waals surface area contributed by atoms with Crippen LogP contribution in [0.4, 0.5) is 0 Å². The highest BCUT2D eigenvalue weighted by atomic mass is 16.3. The van der Waals surface area contributed by atoms with Crippen molar-refractivity contribution in [2.45, 2.75) is 20.3 Å². The van der Waals surface area contributed by atoms with Crippen LogP contribution in [-0.2, 0) is 0 Å². The Kier molecular flexibility index (Phi) is 4.20. The minimum Gasteiger partial charge on any atom is -0.508 e. The number of hydrogen-bond donors (Lipinski definition) is 2. The smallest absolute Gasteiger partial charge is 0.274 e. The first kappa shape index (κ1) is 13.9. The van der Waals surface area contributed by atoms with Gasteiger partial charge in [0.15, 0.2) is 0 Å². The molecule has 0 unspecified atom stereocenters. The SMILES string of the molecule is CCC(=NNC(=O)c1ccoc1C)c1ccc(O)cc1. The van der Waals surface area contributed by atoms with Crippen LogP contribution in [0.25, 0.3) is 0 Å². The molecule has 0 saturated carbocycles. The summed E-state index contributed by atoms with van der Waals surface area (Å²) in [7, 11) is 0. The highest BCUT2D eigenvalue weighted by Gasteiger charge is 2.11. The number of phenolic OH excluding ortho intramolecular Hbond substituents is 1. The molecule has 104 valence electrons. The van der Waals surface area contributed by atoms with Crippen molar-refractivity contribution in [3.8, 4) is 5.75 Å². The van der Waals surface area contributed by atoms with Crippen LogP contribution in [0, 0.1) is 6.92 Å². The van der Waals surface area contributed by atoms with E-state index in [0.29, 0.717) is 17.7 Å². The highest BCUT2D eigenvalue weighted by Crippen LogP contribution is 2.12. The third kappa shape index (κ3) is 3.06. The zero-order valence-corrected chi connectivity index (χ0v) is 11.4. The Balaban J connectivity index is 2.14. The van der Waals surface area contributed by atoms with Crippen molar-refractivity contribution in [3.63, 3.8) is 0 Å². The number of carbonyl (C=O) groups excluding carboxylic acids is 1. The number of benzene rings is 1. The van der Waals surface area contributed by atoms with E-state index < -0.39 is 0 Å². The molecule has 0 spiro atoms. The van der Waals surface area contributed by atoms with Gasteiger partial charge in [-0.25, -0.2) is 5.43 Å². The molecule has 5 nitrogen and oxygen atoms in total.